The molecule has 3 aliphatic carbocycles. The minimum Gasteiger partial charge on any atom is -0.300 e. The van der Waals surface area contributed by atoms with E-state index in [9.17, 15) is 0 Å². The summed E-state index contributed by atoms with van der Waals surface area (Å²) < 4.78 is 0. The van der Waals surface area contributed by atoms with Crippen molar-refractivity contribution in [1.82, 2.24) is 0 Å². The van der Waals surface area contributed by atoms with Gasteiger partial charge in [-0.2, -0.15) is 0 Å². The summed E-state index contributed by atoms with van der Waals surface area (Å²) in [5, 5.41) is 7.91. The van der Waals surface area contributed by atoms with Crippen LogP contribution in [0.3, 0.4) is 0 Å². The molecular weight excluding hydrogens is 206 g/mol. The smallest absolute Gasteiger partial charge is 0.0608 e. The first-order valence-electron chi connectivity index (χ1n) is 6.18. The van der Waals surface area contributed by atoms with Crippen molar-refractivity contribution >= 4 is 5.71 Å². The van der Waals surface area contributed by atoms with Crippen LogP contribution in [-0.2, 0) is 0 Å². The van der Waals surface area contributed by atoms with Gasteiger partial charge in [-0.05, 0) is 52.9 Å². The second-order valence-electron chi connectivity index (χ2n) is 5.85. The third-order valence-electron chi connectivity index (χ3n) is 4.68. The Kier molecular flexibility index (Phi) is 2.73. The summed E-state index contributed by atoms with van der Waals surface area (Å²) in [5.41, 5.74) is 4.04. The van der Waals surface area contributed by atoms with E-state index in [0.29, 0.717) is 22.6 Å². The number of rotatable bonds is 3. The van der Waals surface area contributed by atoms with E-state index in [0.717, 1.165) is 12.3 Å². The van der Waals surface area contributed by atoms with Gasteiger partial charge < -0.3 is 5.41 Å². The normalized spacial score (nSPS) is 31.9. The van der Waals surface area contributed by atoms with E-state index < -0.39 is 0 Å². The lowest BCUT2D eigenvalue weighted by Crippen LogP contribution is -2.49. The molecule has 17 heavy (non-hydrogen) atoms. The predicted molar refractivity (Wildman–Crippen MR) is 74.3 cm³/mol. The van der Waals surface area contributed by atoms with Gasteiger partial charge in [0, 0.05) is 0 Å². The first-order chi connectivity index (χ1) is 7.87. The lowest BCUT2D eigenvalue weighted by atomic mass is 9.46. The maximum absolute atomic E-state index is 7.91. The van der Waals surface area contributed by atoms with Crippen molar-refractivity contribution in [3.8, 4) is 0 Å². The zero-order valence-corrected chi connectivity index (χ0v) is 10.8. The summed E-state index contributed by atoms with van der Waals surface area (Å²) in [6.45, 7) is 16.4. The molecule has 3 rings (SSSR count). The summed E-state index contributed by atoms with van der Waals surface area (Å²) in [5.74, 6) is 1.37. The van der Waals surface area contributed by atoms with Gasteiger partial charge in [-0.25, -0.2) is 0 Å². The van der Waals surface area contributed by atoms with Crippen molar-refractivity contribution in [1.29, 1.82) is 5.41 Å². The highest BCUT2D eigenvalue weighted by molar-refractivity contribution is 6.08. The Labute approximate surface area is 104 Å². The van der Waals surface area contributed by atoms with Crippen LogP contribution >= 0.6 is 0 Å². The van der Waals surface area contributed by atoms with Crippen LogP contribution in [0.4, 0.5) is 0 Å². The van der Waals surface area contributed by atoms with Crippen LogP contribution in [0, 0.1) is 22.7 Å². The highest BCUT2D eigenvalue weighted by Crippen LogP contribution is 2.62. The zero-order chi connectivity index (χ0) is 12.8. The van der Waals surface area contributed by atoms with Crippen LogP contribution in [-0.4, -0.2) is 5.71 Å². The summed E-state index contributed by atoms with van der Waals surface area (Å²) in [7, 11) is 0. The number of fused-ring (bicyclic) bond motifs is 2. The molecule has 1 heteroatoms. The average Bonchev–Trinajstić information content (AvgIpc) is 2.29. The van der Waals surface area contributed by atoms with Gasteiger partial charge in [0.1, 0.15) is 0 Å². The molecule has 3 aliphatic rings. The molecule has 0 aliphatic heterocycles. The fraction of sp³-hybridized carbons (Fsp3) is 0.438. The average molecular weight is 227 g/mol. The first-order valence-corrected chi connectivity index (χ1v) is 6.18. The van der Waals surface area contributed by atoms with Crippen molar-refractivity contribution in [2.75, 3.05) is 0 Å². The Morgan fingerprint density at radius 2 is 2.12 bits per heavy atom. The monoisotopic (exact) mass is 227 g/mol. The van der Waals surface area contributed by atoms with E-state index in [-0.39, 0.29) is 0 Å². The van der Waals surface area contributed by atoms with Crippen LogP contribution in [0.15, 0.2) is 48.6 Å². The largest absolute Gasteiger partial charge is 0.300 e. The highest BCUT2D eigenvalue weighted by Gasteiger charge is 2.53. The Hall–Kier alpha value is -1.37. The van der Waals surface area contributed by atoms with Crippen molar-refractivity contribution < 1.29 is 0 Å². The summed E-state index contributed by atoms with van der Waals surface area (Å²) >= 11 is 0. The molecule has 0 spiro atoms. The standard InChI is InChI=1S/C16H21N/c1-6-10(2)15(17)8-12-7-13-9-14(11(12)3)16(13,4)5/h6,8,13-14,17H,1-3,7,9H2,4-5H3/b12-8-,17-15?. The second-order valence-corrected chi connectivity index (χ2v) is 5.85. The summed E-state index contributed by atoms with van der Waals surface area (Å²) in [4.78, 5) is 0. The second kappa shape index (κ2) is 3.83. The molecule has 0 aromatic heterocycles. The molecule has 1 N–H and O–H groups in total. The minimum absolute atomic E-state index is 0.409. The van der Waals surface area contributed by atoms with Crippen LogP contribution in [0.25, 0.3) is 0 Å². The van der Waals surface area contributed by atoms with Crippen LogP contribution in [0.2, 0.25) is 0 Å². The van der Waals surface area contributed by atoms with E-state index in [1.165, 1.54) is 17.6 Å². The minimum atomic E-state index is 0.409. The van der Waals surface area contributed by atoms with Gasteiger partial charge in [0.15, 0.2) is 0 Å². The van der Waals surface area contributed by atoms with E-state index in [4.69, 9.17) is 5.41 Å². The summed E-state index contributed by atoms with van der Waals surface area (Å²) in [6, 6.07) is 0. The summed E-state index contributed by atoms with van der Waals surface area (Å²) in [6.07, 6.45) is 5.91. The van der Waals surface area contributed by atoms with E-state index in [2.05, 4.69) is 33.6 Å². The quantitative estimate of drug-likeness (QED) is 0.549. The number of hydrogen-bond donors (Lipinski definition) is 1. The third kappa shape index (κ3) is 1.74. The molecule has 3 fully saturated rings. The van der Waals surface area contributed by atoms with Gasteiger partial charge >= 0.3 is 0 Å². The van der Waals surface area contributed by atoms with Gasteiger partial charge in [0.2, 0.25) is 0 Å². The highest BCUT2D eigenvalue weighted by atomic mass is 14.6. The maximum atomic E-state index is 7.91. The molecule has 0 radical (unpaired) electrons. The lowest BCUT2D eigenvalue weighted by molar-refractivity contribution is -0.0107. The van der Waals surface area contributed by atoms with Gasteiger partial charge in [0.25, 0.3) is 0 Å². The molecule has 0 heterocycles. The van der Waals surface area contributed by atoms with Crippen LogP contribution in [0.1, 0.15) is 26.7 Å². The first kappa shape index (κ1) is 12.1. The fourth-order valence-corrected chi connectivity index (χ4v) is 3.10. The topological polar surface area (TPSA) is 23.9 Å². The maximum Gasteiger partial charge on any atom is 0.0608 e. The molecule has 0 aromatic carbocycles. The van der Waals surface area contributed by atoms with Gasteiger partial charge in [0.05, 0.1) is 5.71 Å². The lowest BCUT2D eigenvalue weighted by Gasteiger charge is -2.58. The molecule has 1 nitrogen and oxygen atoms in total. The molecule has 0 amide bonds. The van der Waals surface area contributed by atoms with Crippen molar-refractivity contribution in [3.63, 3.8) is 0 Å². The van der Waals surface area contributed by atoms with Crippen molar-refractivity contribution in [3.05, 3.63) is 48.6 Å². The number of nitrogens with one attached hydrogen (secondary N) is 1. The Morgan fingerprint density at radius 1 is 1.47 bits per heavy atom. The van der Waals surface area contributed by atoms with Crippen LogP contribution in [0.5, 0.6) is 0 Å². The van der Waals surface area contributed by atoms with Crippen LogP contribution < -0.4 is 0 Å². The molecule has 0 saturated heterocycles. The van der Waals surface area contributed by atoms with Crippen molar-refractivity contribution in [2.24, 2.45) is 17.3 Å². The third-order valence-corrected chi connectivity index (χ3v) is 4.68. The molecule has 0 aromatic rings. The molecular formula is C16H21N. The molecule has 2 bridgehead atoms. The predicted octanol–water partition coefficient (Wildman–Crippen LogP) is 4.30. The SMILES string of the molecule is C=CC(=C)C(=N)/C=C1/CC2CC(C1=C)C2(C)C. The van der Waals surface area contributed by atoms with E-state index in [1.807, 2.05) is 6.08 Å². The molecule has 90 valence electrons. The van der Waals surface area contributed by atoms with E-state index >= 15 is 0 Å². The number of hydrogen-bond acceptors (Lipinski definition) is 1. The zero-order valence-electron chi connectivity index (χ0n) is 10.8. The van der Waals surface area contributed by atoms with Gasteiger partial charge in [-0.15, -0.1) is 0 Å². The Bertz CT molecular complexity index is 448. The van der Waals surface area contributed by atoms with E-state index in [1.54, 1.807) is 6.08 Å². The molecule has 2 atom stereocenters. The number of allylic oxidation sites excluding steroid dienone is 5. The Morgan fingerprint density at radius 3 is 2.59 bits per heavy atom. The fourth-order valence-electron chi connectivity index (χ4n) is 3.10. The molecule has 3 saturated carbocycles. The van der Waals surface area contributed by atoms with Gasteiger partial charge in [-0.3, -0.25) is 0 Å². The Balaban J connectivity index is 2.19. The van der Waals surface area contributed by atoms with Gasteiger partial charge in [-0.1, -0.05) is 39.7 Å². The molecule has 2 unspecified atom stereocenters. The van der Waals surface area contributed by atoms with Crippen molar-refractivity contribution in [2.45, 2.75) is 26.7 Å².